The highest BCUT2D eigenvalue weighted by Crippen LogP contribution is 2.35. The van der Waals surface area contributed by atoms with Gasteiger partial charge in [0.15, 0.2) is 5.75 Å². The van der Waals surface area contributed by atoms with Gasteiger partial charge in [0.1, 0.15) is 0 Å². The van der Waals surface area contributed by atoms with E-state index in [-0.39, 0.29) is 11.4 Å². The van der Waals surface area contributed by atoms with Crippen molar-refractivity contribution in [2.24, 2.45) is 0 Å². The molecule has 0 radical (unpaired) electrons. The molecule has 1 fully saturated rings. The van der Waals surface area contributed by atoms with Crippen LogP contribution in [0.1, 0.15) is 19.3 Å². The lowest BCUT2D eigenvalue weighted by Gasteiger charge is -2.30. The van der Waals surface area contributed by atoms with Gasteiger partial charge in [-0.1, -0.05) is 0 Å². The van der Waals surface area contributed by atoms with E-state index in [2.05, 4.69) is 4.74 Å². The molecule has 1 aliphatic heterocycles. The van der Waals surface area contributed by atoms with Crippen LogP contribution in [0.5, 0.6) is 5.75 Å². The zero-order valence-electron chi connectivity index (χ0n) is 9.83. The van der Waals surface area contributed by atoms with Crippen LogP contribution in [0, 0.1) is 0 Å². The Morgan fingerprint density at radius 2 is 1.78 bits per heavy atom. The highest BCUT2D eigenvalue weighted by Gasteiger charge is 2.33. The summed E-state index contributed by atoms with van der Waals surface area (Å²) in [5.74, 6) is -0.218. The maximum Gasteiger partial charge on any atom is 0.573 e. The average molecular weight is 260 g/mol. The van der Waals surface area contributed by atoms with Gasteiger partial charge in [-0.05, 0) is 31.4 Å². The fraction of sp³-hybridized carbons (Fsp3) is 0.500. The topological polar surface area (TPSA) is 38.5 Å². The van der Waals surface area contributed by atoms with E-state index in [0.29, 0.717) is 5.69 Å². The number of hydrogen-bond donors (Lipinski definition) is 1. The van der Waals surface area contributed by atoms with Crippen LogP contribution in [0.4, 0.5) is 24.5 Å². The molecule has 0 aliphatic carbocycles. The Bertz CT molecular complexity index is 414. The Balaban J connectivity index is 2.27. The monoisotopic (exact) mass is 260 g/mol. The smallest absolute Gasteiger partial charge is 0.403 e. The molecule has 0 aromatic heterocycles. The molecule has 1 aliphatic rings. The van der Waals surface area contributed by atoms with Crippen LogP contribution >= 0.6 is 0 Å². The number of nitrogen functional groups attached to an aromatic ring is 1. The van der Waals surface area contributed by atoms with Gasteiger partial charge in [0.05, 0.1) is 5.69 Å². The van der Waals surface area contributed by atoms with Crippen molar-refractivity contribution >= 4 is 11.4 Å². The molecule has 1 heterocycles. The molecule has 1 aromatic rings. The number of alkyl halides is 3. The SMILES string of the molecule is Nc1ccc(N2CCCCC2)c(OC(F)(F)F)c1. The zero-order valence-corrected chi connectivity index (χ0v) is 9.83. The number of rotatable bonds is 2. The van der Waals surface area contributed by atoms with Crippen molar-refractivity contribution in [2.45, 2.75) is 25.6 Å². The number of anilines is 2. The summed E-state index contributed by atoms with van der Waals surface area (Å²) in [6.07, 6.45) is -1.62. The molecule has 0 spiro atoms. The Hall–Kier alpha value is -1.59. The number of nitrogens with zero attached hydrogens (tertiary/aromatic N) is 1. The third-order valence-electron chi connectivity index (χ3n) is 2.91. The average Bonchev–Trinajstić information content (AvgIpc) is 2.28. The summed E-state index contributed by atoms with van der Waals surface area (Å²) in [6.45, 7) is 1.50. The van der Waals surface area contributed by atoms with Crippen molar-refractivity contribution in [1.82, 2.24) is 0 Å². The number of benzene rings is 1. The lowest BCUT2D eigenvalue weighted by Crippen LogP contribution is -2.30. The van der Waals surface area contributed by atoms with Gasteiger partial charge >= 0.3 is 6.36 Å². The molecule has 6 heteroatoms. The summed E-state index contributed by atoms with van der Waals surface area (Å²) < 4.78 is 41.1. The Labute approximate surface area is 103 Å². The quantitative estimate of drug-likeness (QED) is 0.830. The number of nitrogens with two attached hydrogens (primary N) is 1. The van der Waals surface area contributed by atoms with Crippen molar-refractivity contribution in [3.8, 4) is 5.75 Å². The molecule has 0 unspecified atom stereocenters. The summed E-state index contributed by atoms with van der Waals surface area (Å²) in [4.78, 5) is 1.91. The Kier molecular flexibility index (Phi) is 3.54. The minimum absolute atomic E-state index is 0.218. The molecule has 3 nitrogen and oxygen atoms in total. The second kappa shape index (κ2) is 4.96. The summed E-state index contributed by atoms with van der Waals surface area (Å²) in [7, 11) is 0. The van der Waals surface area contributed by atoms with E-state index < -0.39 is 6.36 Å². The van der Waals surface area contributed by atoms with Gasteiger partial charge in [-0.15, -0.1) is 13.2 Å². The first-order valence-electron chi connectivity index (χ1n) is 5.86. The molecule has 0 amide bonds. The van der Waals surface area contributed by atoms with E-state index in [1.165, 1.54) is 6.07 Å². The molecule has 2 rings (SSSR count). The molecule has 1 aromatic carbocycles. The number of ether oxygens (including phenoxy) is 1. The van der Waals surface area contributed by atoms with E-state index >= 15 is 0 Å². The standard InChI is InChI=1S/C12H15F3N2O/c13-12(14,15)18-11-8-9(16)4-5-10(11)17-6-2-1-3-7-17/h4-5,8H,1-3,6-7,16H2. The van der Waals surface area contributed by atoms with Gasteiger partial charge < -0.3 is 15.4 Å². The highest BCUT2D eigenvalue weighted by atomic mass is 19.4. The van der Waals surface area contributed by atoms with Crippen LogP contribution in [0.15, 0.2) is 18.2 Å². The molecule has 0 bridgehead atoms. The number of hydrogen-bond acceptors (Lipinski definition) is 3. The lowest BCUT2D eigenvalue weighted by atomic mass is 10.1. The molecule has 0 saturated carbocycles. The van der Waals surface area contributed by atoms with Crippen molar-refractivity contribution in [2.75, 3.05) is 23.7 Å². The minimum atomic E-state index is -4.70. The van der Waals surface area contributed by atoms with Gasteiger partial charge in [0.25, 0.3) is 0 Å². The fourth-order valence-electron chi connectivity index (χ4n) is 2.13. The summed E-state index contributed by atoms with van der Waals surface area (Å²) in [5.41, 5.74) is 6.23. The first-order chi connectivity index (χ1) is 8.46. The van der Waals surface area contributed by atoms with Gasteiger partial charge in [-0.2, -0.15) is 0 Å². The first-order valence-corrected chi connectivity index (χ1v) is 5.86. The fourth-order valence-corrected chi connectivity index (χ4v) is 2.13. The molecular formula is C12H15F3N2O. The van der Waals surface area contributed by atoms with Crippen molar-refractivity contribution in [3.05, 3.63) is 18.2 Å². The molecule has 0 atom stereocenters. The van der Waals surface area contributed by atoms with Crippen molar-refractivity contribution in [3.63, 3.8) is 0 Å². The third-order valence-corrected chi connectivity index (χ3v) is 2.91. The van der Waals surface area contributed by atoms with Crippen LogP contribution in [-0.2, 0) is 0 Å². The van der Waals surface area contributed by atoms with E-state index in [0.717, 1.165) is 32.4 Å². The normalized spacial score (nSPS) is 16.7. The summed E-state index contributed by atoms with van der Waals surface area (Å²) >= 11 is 0. The van der Waals surface area contributed by atoms with Gasteiger partial charge in [-0.3, -0.25) is 0 Å². The molecule has 18 heavy (non-hydrogen) atoms. The second-order valence-electron chi connectivity index (χ2n) is 4.32. The third kappa shape index (κ3) is 3.21. The maximum atomic E-state index is 12.3. The first kappa shape index (κ1) is 12.9. The predicted molar refractivity (Wildman–Crippen MR) is 63.6 cm³/mol. The Morgan fingerprint density at radius 3 is 2.39 bits per heavy atom. The van der Waals surface area contributed by atoms with Gasteiger partial charge in [0, 0.05) is 24.8 Å². The predicted octanol–water partition coefficient (Wildman–Crippen LogP) is 3.16. The van der Waals surface area contributed by atoms with Crippen molar-refractivity contribution in [1.29, 1.82) is 0 Å². The van der Waals surface area contributed by atoms with Crippen LogP contribution in [0.2, 0.25) is 0 Å². The van der Waals surface area contributed by atoms with E-state index in [1.807, 2.05) is 4.90 Å². The maximum absolute atomic E-state index is 12.3. The largest absolute Gasteiger partial charge is 0.573 e. The number of piperidine rings is 1. The van der Waals surface area contributed by atoms with Gasteiger partial charge in [-0.25, -0.2) is 0 Å². The van der Waals surface area contributed by atoms with Crippen molar-refractivity contribution < 1.29 is 17.9 Å². The lowest BCUT2D eigenvalue weighted by molar-refractivity contribution is -0.274. The van der Waals surface area contributed by atoms with Crippen LogP contribution in [0.25, 0.3) is 0 Å². The number of halogens is 3. The highest BCUT2D eigenvalue weighted by molar-refractivity contribution is 5.64. The molecular weight excluding hydrogens is 245 g/mol. The van der Waals surface area contributed by atoms with E-state index in [9.17, 15) is 13.2 Å². The van der Waals surface area contributed by atoms with E-state index in [1.54, 1.807) is 12.1 Å². The van der Waals surface area contributed by atoms with E-state index in [4.69, 9.17) is 5.73 Å². The molecule has 100 valence electrons. The van der Waals surface area contributed by atoms with Crippen LogP contribution in [-0.4, -0.2) is 19.5 Å². The second-order valence-corrected chi connectivity index (χ2v) is 4.32. The Morgan fingerprint density at radius 1 is 1.11 bits per heavy atom. The van der Waals surface area contributed by atoms with Gasteiger partial charge in [0.2, 0.25) is 0 Å². The molecule has 2 N–H and O–H groups in total. The summed E-state index contributed by atoms with van der Waals surface area (Å²) in [6, 6.07) is 4.40. The zero-order chi connectivity index (χ0) is 13.2. The van der Waals surface area contributed by atoms with Crippen LogP contribution < -0.4 is 15.4 Å². The minimum Gasteiger partial charge on any atom is -0.403 e. The molecule has 1 saturated heterocycles. The summed E-state index contributed by atoms with van der Waals surface area (Å²) in [5, 5.41) is 0. The van der Waals surface area contributed by atoms with Crippen LogP contribution in [0.3, 0.4) is 0 Å².